The van der Waals surface area contributed by atoms with Gasteiger partial charge in [-0.3, -0.25) is 14.4 Å². The van der Waals surface area contributed by atoms with Crippen molar-refractivity contribution < 1.29 is 4.79 Å². The topological polar surface area (TPSA) is 68.0 Å². The van der Waals surface area contributed by atoms with Crippen LogP contribution < -0.4 is 5.32 Å². The second-order valence-electron chi connectivity index (χ2n) is 7.13. The summed E-state index contributed by atoms with van der Waals surface area (Å²) in [7, 11) is 0. The number of carbonyl (C=O) groups excluding carboxylic acids is 1. The maximum absolute atomic E-state index is 12.3. The zero-order chi connectivity index (χ0) is 16.7. The summed E-state index contributed by atoms with van der Waals surface area (Å²) in [5, 5.41) is 11.7. The molecule has 1 aliphatic carbocycles. The average molecular weight is 328 g/mol. The molecule has 1 saturated heterocycles. The third-order valence-electron chi connectivity index (χ3n) is 5.04. The Morgan fingerprint density at radius 3 is 2.83 bits per heavy atom. The van der Waals surface area contributed by atoms with Gasteiger partial charge in [-0.05, 0) is 38.2 Å². The van der Waals surface area contributed by atoms with Crippen LogP contribution in [0.5, 0.6) is 0 Å². The number of rotatable bonds is 6. The van der Waals surface area contributed by atoms with E-state index in [1.165, 1.54) is 18.4 Å². The second kappa shape index (κ2) is 6.05. The number of aryl methyl sites for hydroxylation is 1. The van der Waals surface area contributed by atoms with E-state index in [9.17, 15) is 4.79 Å². The molecule has 24 heavy (non-hydrogen) atoms. The first-order valence-corrected chi connectivity index (χ1v) is 8.66. The molecule has 7 nitrogen and oxygen atoms in total. The molecule has 0 radical (unpaired) electrons. The normalized spacial score (nSPS) is 19.9. The number of carbonyl (C=O) groups is 1. The van der Waals surface area contributed by atoms with E-state index >= 15 is 0 Å². The molecular weight excluding hydrogens is 304 g/mol. The van der Waals surface area contributed by atoms with E-state index < -0.39 is 0 Å². The quantitative estimate of drug-likeness (QED) is 0.879. The zero-order valence-electron chi connectivity index (χ0n) is 14.2. The van der Waals surface area contributed by atoms with Crippen LogP contribution in [0.15, 0.2) is 24.7 Å². The summed E-state index contributed by atoms with van der Waals surface area (Å²) in [6, 6.07) is 2.61. The molecule has 4 rings (SSSR count). The van der Waals surface area contributed by atoms with Crippen LogP contribution in [0.25, 0.3) is 0 Å². The van der Waals surface area contributed by atoms with E-state index in [-0.39, 0.29) is 5.91 Å². The number of nitrogens with one attached hydrogen (secondary N) is 1. The van der Waals surface area contributed by atoms with Gasteiger partial charge < -0.3 is 5.32 Å². The highest BCUT2D eigenvalue weighted by Gasteiger charge is 2.32. The summed E-state index contributed by atoms with van der Waals surface area (Å²) in [4.78, 5) is 14.4. The fourth-order valence-corrected chi connectivity index (χ4v) is 3.37. The summed E-state index contributed by atoms with van der Waals surface area (Å²) >= 11 is 0. The molecule has 7 heteroatoms. The van der Waals surface area contributed by atoms with Crippen molar-refractivity contribution in [1.82, 2.24) is 24.5 Å². The van der Waals surface area contributed by atoms with Crippen LogP contribution in [0.2, 0.25) is 0 Å². The highest BCUT2D eigenvalue weighted by atomic mass is 16.2. The molecule has 0 bridgehead atoms. The lowest BCUT2D eigenvalue weighted by Gasteiger charge is -2.38. The van der Waals surface area contributed by atoms with Gasteiger partial charge in [0.05, 0.1) is 31.0 Å². The number of aromatic nitrogens is 4. The lowest BCUT2D eigenvalue weighted by Crippen LogP contribution is -2.50. The molecule has 1 atom stereocenters. The van der Waals surface area contributed by atoms with Crippen molar-refractivity contribution in [3.05, 3.63) is 30.2 Å². The first kappa shape index (κ1) is 15.4. The number of amides is 1. The Morgan fingerprint density at radius 2 is 2.17 bits per heavy atom. The molecule has 1 amide bonds. The van der Waals surface area contributed by atoms with Gasteiger partial charge in [0, 0.05) is 25.4 Å². The zero-order valence-corrected chi connectivity index (χ0v) is 14.2. The highest BCUT2D eigenvalue weighted by Crippen LogP contribution is 2.40. The molecule has 0 spiro atoms. The number of hydrogen-bond acceptors (Lipinski definition) is 4. The van der Waals surface area contributed by atoms with Crippen LogP contribution in [0.4, 0.5) is 5.82 Å². The van der Waals surface area contributed by atoms with E-state index in [4.69, 9.17) is 0 Å². The van der Waals surface area contributed by atoms with Gasteiger partial charge in [0.2, 0.25) is 5.91 Å². The third-order valence-corrected chi connectivity index (χ3v) is 5.04. The van der Waals surface area contributed by atoms with Gasteiger partial charge in [0.1, 0.15) is 5.82 Å². The third kappa shape index (κ3) is 3.08. The maximum Gasteiger partial charge on any atom is 0.239 e. The first-order chi connectivity index (χ1) is 11.6. The van der Waals surface area contributed by atoms with Crippen LogP contribution in [0.3, 0.4) is 0 Å². The van der Waals surface area contributed by atoms with Crippen LogP contribution in [-0.2, 0) is 4.79 Å². The Balaban J connectivity index is 1.28. The Labute approximate surface area is 141 Å². The molecule has 1 N–H and O–H groups in total. The van der Waals surface area contributed by atoms with Crippen molar-refractivity contribution in [3.8, 4) is 0 Å². The first-order valence-electron chi connectivity index (χ1n) is 8.66. The Morgan fingerprint density at radius 1 is 1.38 bits per heavy atom. The molecule has 2 aliphatic rings. The van der Waals surface area contributed by atoms with Crippen LogP contribution >= 0.6 is 0 Å². The van der Waals surface area contributed by atoms with Gasteiger partial charge in [-0.2, -0.15) is 10.2 Å². The molecule has 1 unspecified atom stereocenters. The minimum atomic E-state index is 0.0230. The standard InChI is InChI=1S/C17H24N6O/c1-12-7-19-22(8-12)15-9-21(10-15)11-17(24)20-16-5-6-18-23(16)13(2)14-3-4-14/h5-8,13-15H,3-4,9-11H2,1-2H3,(H,20,24). The molecular formula is C17H24N6O. The number of hydrogen-bond donors (Lipinski definition) is 1. The minimum Gasteiger partial charge on any atom is -0.310 e. The van der Waals surface area contributed by atoms with Crippen LogP contribution in [0.1, 0.15) is 37.4 Å². The summed E-state index contributed by atoms with van der Waals surface area (Å²) in [5.74, 6) is 1.53. The van der Waals surface area contributed by atoms with Crippen molar-refractivity contribution in [1.29, 1.82) is 0 Å². The average Bonchev–Trinajstić information content (AvgIpc) is 3.13. The lowest BCUT2D eigenvalue weighted by molar-refractivity contribution is -0.118. The van der Waals surface area contributed by atoms with Crippen molar-refractivity contribution in [2.24, 2.45) is 5.92 Å². The predicted molar refractivity (Wildman–Crippen MR) is 90.7 cm³/mol. The molecule has 1 saturated carbocycles. The van der Waals surface area contributed by atoms with E-state index in [0.29, 0.717) is 24.5 Å². The monoisotopic (exact) mass is 328 g/mol. The molecule has 2 aromatic rings. The largest absolute Gasteiger partial charge is 0.310 e. The van der Waals surface area contributed by atoms with E-state index in [1.807, 2.05) is 28.6 Å². The molecule has 2 fully saturated rings. The Kier molecular flexibility index (Phi) is 3.88. The summed E-state index contributed by atoms with van der Waals surface area (Å²) in [6.07, 6.45) is 8.21. The Bertz CT molecular complexity index is 725. The van der Waals surface area contributed by atoms with Crippen molar-refractivity contribution >= 4 is 11.7 Å². The second-order valence-corrected chi connectivity index (χ2v) is 7.13. The molecule has 1 aliphatic heterocycles. The molecule has 3 heterocycles. The van der Waals surface area contributed by atoms with Gasteiger partial charge in [-0.25, -0.2) is 4.68 Å². The van der Waals surface area contributed by atoms with E-state index in [0.717, 1.165) is 18.9 Å². The molecule has 128 valence electrons. The lowest BCUT2D eigenvalue weighted by atomic mass is 10.1. The fourth-order valence-electron chi connectivity index (χ4n) is 3.37. The predicted octanol–water partition coefficient (Wildman–Crippen LogP) is 1.85. The molecule has 2 aromatic heterocycles. The van der Waals surface area contributed by atoms with Crippen LogP contribution in [0, 0.1) is 12.8 Å². The van der Waals surface area contributed by atoms with Gasteiger partial charge in [-0.15, -0.1) is 0 Å². The molecule has 0 aromatic carbocycles. The van der Waals surface area contributed by atoms with Crippen molar-refractivity contribution in [3.63, 3.8) is 0 Å². The Hall–Kier alpha value is -2.15. The van der Waals surface area contributed by atoms with Gasteiger partial charge >= 0.3 is 0 Å². The van der Waals surface area contributed by atoms with Crippen molar-refractivity contribution in [2.45, 2.75) is 38.8 Å². The number of likely N-dealkylation sites (tertiary alicyclic amines) is 1. The SMILES string of the molecule is Cc1cnn(C2CN(CC(=O)Nc3ccnn3C(C)C3CC3)C2)c1. The summed E-state index contributed by atoms with van der Waals surface area (Å²) in [5.41, 5.74) is 1.17. The van der Waals surface area contributed by atoms with Gasteiger partial charge in [-0.1, -0.05) is 0 Å². The van der Waals surface area contributed by atoms with E-state index in [2.05, 4.69) is 33.5 Å². The number of anilines is 1. The summed E-state index contributed by atoms with van der Waals surface area (Å²) in [6.45, 7) is 6.36. The minimum absolute atomic E-state index is 0.0230. The number of nitrogens with zero attached hydrogens (tertiary/aromatic N) is 5. The highest BCUT2D eigenvalue weighted by molar-refractivity contribution is 5.91. The fraction of sp³-hybridized carbons (Fsp3) is 0.588. The van der Waals surface area contributed by atoms with Gasteiger partial charge in [0.25, 0.3) is 0 Å². The maximum atomic E-state index is 12.3. The van der Waals surface area contributed by atoms with Crippen LogP contribution in [-0.4, -0.2) is 50.0 Å². The van der Waals surface area contributed by atoms with Crippen molar-refractivity contribution in [2.75, 3.05) is 25.0 Å². The summed E-state index contributed by atoms with van der Waals surface area (Å²) < 4.78 is 3.94. The van der Waals surface area contributed by atoms with E-state index in [1.54, 1.807) is 6.20 Å². The van der Waals surface area contributed by atoms with Gasteiger partial charge in [0.15, 0.2) is 0 Å². The smallest absolute Gasteiger partial charge is 0.239 e.